The summed E-state index contributed by atoms with van der Waals surface area (Å²) in [7, 11) is 0.501. The number of nitrogens with one attached hydrogen (secondary N) is 1. The quantitative estimate of drug-likeness (QED) is 0.271. The summed E-state index contributed by atoms with van der Waals surface area (Å²) in [5.41, 5.74) is 0.0283. The number of ether oxygens (including phenoxy) is 1. The van der Waals surface area contributed by atoms with Gasteiger partial charge in [0.15, 0.2) is 5.75 Å². The van der Waals surface area contributed by atoms with Crippen LogP contribution in [0.1, 0.15) is 31.3 Å². The Morgan fingerprint density at radius 1 is 1.03 bits per heavy atom. The van der Waals surface area contributed by atoms with Crippen LogP contribution in [0.2, 0.25) is 5.04 Å². The van der Waals surface area contributed by atoms with Gasteiger partial charge in [-0.05, 0) is 21.7 Å². The van der Waals surface area contributed by atoms with Crippen molar-refractivity contribution in [2.75, 3.05) is 26.5 Å². The number of pyridine rings is 1. The molecule has 1 N–H and O–H groups in total. The second-order valence-electron chi connectivity index (χ2n) is 9.29. The van der Waals surface area contributed by atoms with Crippen molar-refractivity contribution in [1.29, 1.82) is 0 Å². The van der Waals surface area contributed by atoms with Crippen LogP contribution in [0.25, 0.3) is 0 Å². The molecule has 1 aromatic heterocycles. The molecule has 3 aromatic rings. The third-order valence-corrected chi connectivity index (χ3v) is 11.9. The highest BCUT2D eigenvalue weighted by Gasteiger charge is 2.50. The van der Waals surface area contributed by atoms with Gasteiger partial charge in [-0.3, -0.25) is 9.59 Å². The Kier molecular flexibility index (Phi) is 8.64. The number of aromatic nitrogens is 1. The second kappa shape index (κ2) is 11.3. The molecule has 3 rings (SSSR count). The number of aryl methyl sites for hydroxylation is 1. The Morgan fingerprint density at radius 2 is 1.57 bits per heavy atom. The van der Waals surface area contributed by atoms with Gasteiger partial charge in [0, 0.05) is 13.6 Å². The van der Waals surface area contributed by atoms with Gasteiger partial charge in [-0.25, -0.2) is 0 Å². The lowest BCUT2D eigenvalue weighted by molar-refractivity contribution is 0.0933. The molecule has 0 fully saturated rings. The standard InChI is InChI=1S/C27H34N2O4SSi/c1-27(2,3)35(20-13-9-7-10-14-20,21-15-11-8-12-16-21)33-18-17-28-26(31)23-25(34-6)24(30)22(32-5)19-29(23)4/h7-16,19H,17-18H2,1-6H3,(H,28,31). The fourth-order valence-electron chi connectivity index (χ4n) is 4.49. The average molecular weight is 511 g/mol. The molecule has 0 aliphatic carbocycles. The van der Waals surface area contributed by atoms with Crippen LogP contribution in [0.4, 0.5) is 0 Å². The van der Waals surface area contributed by atoms with Gasteiger partial charge in [0.25, 0.3) is 14.2 Å². The van der Waals surface area contributed by atoms with E-state index in [1.807, 2.05) is 36.4 Å². The van der Waals surface area contributed by atoms with Crippen LogP contribution in [0, 0.1) is 0 Å². The van der Waals surface area contributed by atoms with Crippen molar-refractivity contribution < 1.29 is 14.0 Å². The van der Waals surface area contributed by atoms with E-state index in [0.29, 0.717) is 23.7 Å². The third-order valence-electron chi connectivity index (χ3n) is 6.07. The predicted molar refractivity (Wildman–Crippen MR) is 146 cm³/mol. The number of hydrogen-bond acceptors (Lipinski definition) is 5. The summed E-state index contributed by atoms with van der Waals surface area (Å²) < 4.78 is 13.6. The fourth-order valence-corrected chi connectivity index (χ4v) is 9.77. The molecule has 1 amide bonds. The minimum atomic E-state index is -2.68. The molecule has 2 aromatic carbocycles. The topological polar surface area (TPSA) is 69.6 Å². The van der Waals surface area contributed by atoms with E-state index in [-0.39, 0.29) is 22.1 Å². The number of benzene rings is 2. The minimum absolute atomic E-state index is 0.147. The molecular formula is C27H34N2O4SSi. The highest BCUT2D eigenvalue weighted by atomic mass is 32.2. The molecule has 0 spiro atoms. The van der Waals surface area contributed by atoms with Gasteiger partial charge in [0.2, 0.25) is 5.43 Å². The van der Waals surface area contributed by atoms with Crippen LogP contribution in [-0.4, -0.2) is 45.3 Å². The lowest BCUT2D eigenvalue weighted by Gasteiger charge is -2.43. The number of nitrogens with zero attached hydrogens (tertiary/aromatic N) is 1. The Labute approximate surface area is 212 Å². The molecule has 0 radical (unpaired) electrons. The van der Waals surface area contributed by atoms with Gasteiger partial charge in [-0.1, -0.05) is 81.4 Å². The number of thioether (sulfide) groups is 1. The SMILES string of the molecule is COc1cn(C)c(C(=O)NCCO[Si](c2ccccc2)(c2ccccc2)C(C)(C)C)c(SC)c1=O. The summed E-state index contributed by atoms with van der Waals surface area (Å²) in [6.07, 6.45) is 3.31. The summed E-state index contributed by atoms with van der Waals surface area (Å²) in [5, 5.41) is 5.18. The van der Waals surface area contributed by atoms with E-state index in [1.165, 1.54) is 35.4 Å². The van der Waals surface area contributed by atoms with Crippen LogP contribution in [0.5, 0.6) is 5.75 Å². The first-order chi connectivity index (χ1) is 16.7. The van der Waals surface area contributed by atoms with Crippen LogP contribution in [0.3, 0.4) is 0 Å². The summed E-state index contributed by atoms with van der Waals surface area (Å²) in [5.74, 6) is -0.105. The van der Waals surface area contributed by atoms with E-state index in [9.17, 15) is 9.59 Å². The predicted octanol–water partition coefficient (Wildman–Crippen LogP) is 3.42. The van der Waals surface area contributed by atoms with Gasteiger partial charge < -0.3 is 19.0 Å². The van der Waals surface area contributed by atoms with Crippen molar-refractivity contribution in [1.82, 2.24) is 9.88 Å². The lowest BCUT2D eigenvalue weighted by Crippen LogP contribution is -2.67. The van der Waals surface area contributed by atoms with Gasteiger partial charge >= 0.3 is 0 Å². The number of amides is 1. The number of carbonyl (C=O) groups excluding carboxylic acids is 1. The van der Waals surface area contributed by atoms with Crippen molar-refractivity contribution in [3.8, 4) is 5.75 Å². The Balaban J connectivity index is 1.86. The fraction of sp³-hybridized carbons (Fsp3) is 0.333. The van der Waals surface area contributed by atoms with E-state index in [4.69, 9.17) is 9.16 Å². The molecular weight excluding hydrogens is 476 g/mol. The van der Waals surface area contributed by atoms with E-state index >= 15 is 0 Å². The average Bonchev–Trinajstić information content (AvgIpc) is 2.85. The van der Waals surface area contributed by atoms with E-state index in [0.717, 1.165) is 0 Å². The first-order valence-corrected chi connectivity index (χ1v) is 14.7. The zero-order valence-corrected chi connectivity index (χ0v) is 23.1. The van der Waals surface area contributed by atoms with Crippen molar-refractivity contribution in [2.24, 2.45) is 7.05 Å². The lowest BCUT2D eigenvalue weighted by atomic mass is 10.2. The maximum Gasteiger partial charge on any atom is 0.269 e. The Bertz CT molecular complexity index is 1170. The van der Waals surface area contributed by atoms with Crippen LogP contribution < -0.4 is 25.9 Å². The first kappa shape index (κ1) is 26.8. The molecule has 0 unspecified atom stereocenters. The highest BCUT2D eigenvalue weighted by molar-refractivity contribution is 7.98. The monoisotopic (exact) mass is 510 g/mol. The Hall–Kier alpha value is -2.81. The molecule has 0 saturated carbocycles. The summed E-state index contributed by atoms with van der Waals surface area (Å²) >= 11 is 1.24. The summed E-state index contributed by atoms with van der Waals surface area (Å²) in [6.45, 7) is 7.32. The van der Waals surface area contributed by atoms with Crippen LogP contribution >= 0.6 is 11.8 Å². The molecule has 0 aliphatic heterocycles. The number of methoxy groups -OCH3 is 1. The molecule has 6 nitrogen and oxygen atoms in total. The van der Waals surface area contributed by atoms with Crippen molar-refractivity contribution >= 4 is 36.4 Å². The highest BCUT2D eigenvalue weighted by Crippen LogP contribution is 2.36. The summed E-state index contributed by atoms with van der Waals surface area (Å²) in [4.78, 5) is 26.1. The smallest absolute Gasteiger partial charge is 0.269 e. The molecule has 0 bridgehead atoms. The number of carbonyl (C=O) groups is 1. The number of rotatable bonds is 9. The van der Waals surface area contributed by atoms with E-state index < -0.39 is 8.32 Å². The van der Waals surface area contributed by atoms with Gasteiger partial charge in [0.1, 0.15) is 5.69 Å². The molecule has 0 atom stereocenters. The zero-order chi connectivity index (χ0) is 25.6. The molecule has 1 heterocycles. The van der Waals surface area contributed by atoms with E-state index in [1.54, 1.807) is 17.9 Å². The number of hydrogen-bond donors (Lipinski definition) is 1. The third kappa shape index (κ3) is 5.39. The zero-order valence-electron chi connectivity index (χ0n) is 21.3. The van der Waals surface area contributed by atoms with Crippen LogP contribution in [-0.2, 0) is 11.5 Å². The Morgan fingerprint density at radius 3 is 2.03 bits per heavy atom. The molecule has 8 heteroatoms. The molecule has 0 aliphatic rings. The maximum absolute atomic E-state index is 13.1. The van der Waals surface area contributed by atoms with Gasteiger partial charge in [0.05, 0.1) is 24.8 Å². The first-order valence-electron chi connectivity index (χ1n) is 11.5. The van der Waals surface area contributed by atoms with Crippen LogP contribution in [0.15, 0.2) is 76.6 Å². The van der Waals surface area contributed by atoms with Crippen molar-refractivity contribution in [2.45, 2.75) is 30.7 Å². The maximum atomic E-state index is 13.1. The van der Waals surface area contributed by atoms with Crippen molar-refractivity contribution in [3.63, 3.8) is 0 Å². The van der Waals surface area contributed by atoms with Gasteiger partial charge in [-0.2, -0.15) is 0 Å². The largest absolute Gasteiger partial charge is 0.491 e. The van der Waals surface area contributed by atoms with Crippen molar-refractivity contribution in [3.05, 3.63) is 82.8 Å². The van der Waals surface area contributed by atoms with Gasteiger partial charge in [-0.15, -0.1) is 11.8 Å². The summed E-state index contributed by atoms with van der Waals surface area (Å²) in [6, 6.07) is 20.8. The molecule has 35 heavy (non-hydrogen) atoms. The molecule has 0 saturated heterocycles. The molecule has 186 valence electrons. The van der Waals surface area contributed by atoms with E-state index in [2.05, 4.69) is 50.4 Å². The normalized spacial score (nSPS) is 11.8. The minimum Gasteiger partial charge on any atom is -0.491 e. The second-order valence-corrected chi connectivity index (χ2v) is 14.4.